The first-order valence-corrected chi connectivity index (χ1v) is 16.5. The van der Waals surface area contributed by atoms with Crippen molar-refractivity contribution in [3.8, 4) is 0 Å². The molecule has 1 heterocycles. The van der Waals surface area contributed by atoms with Crippen LogP contribution in [0.1, 0.15) is 65.9 Å². The smallest absolute Gasteiger partial charge is 0.328 e. The lowest BCUT2D eigenvalue weighted by Crippen LogP contribution is -2.56. The van der Waals surface area contributed by atoms with E-state index in [2.05, 4.69) is 19.2 Å². The Hall–Kier alpha value is -2.60. The van der Waals surface area contributed by atoms with E-state index in [1.807, 2.05) is 56.0 Å². The lowest BCUT2D eigenvalue weighted by molar-refractivity contribution is -0.145. The average molecular weight is 649 g/mol. The predicted molar refractivity (Wildman–Crippen MR) is 181 cm³/mol. The first kappa shape index (κ1) is 38.6. The van der Waals surface area contributed by atoms with Gasteiger partial charge in [0.15, 0.2) is 0 Å². The van der Waals surface area contributed by atoms with Crippen LogP contribution in [0, 0.1) is 17.8 Å². The third kappa shape index (κ3) is 10.2. The predicted octanol–water partition coefficient (Wildman–Crippen LogP) is 3.59. The van der Waals surface area contributed by atoms with Crippen LogP contribution < -0.4 is 11.1 Å². The number of ether oxygens (including phenoxy) is 3. The fourth-order valence-electron chi connectivity index (χ4n) is 6.31. The summed E-state index contributed by atoms with van der Waals surface area (Å²) in [6.45, 7) is 10.5. The third-order valence-corrected chi connectivity index (χ3v) is 9.84. The summed E-state index contributed by atoms with van der Waals surface area (Å²) in [6.07, 6.45) is 2.02. The number of nitrogens with zero attached hydrogens (tertiary/aromatic N) is 2. The number of likely N-dealkylation sites (N-methyl/N-ethyl adjacent to an activating group) is 1. The van der Waals surface area contributed by atoms with E-state index in [9.17, 15) is 14.4 Å². The quantitative estimate of drug-likeness (QED) is 0.193. The van der Waals surface area contributed by atoms with E-state index in [-0.39, 0.29) is 48.1 Å². The van der Waals surface area contributed by atoms with Crippen molar-refractivity contribution in [2.24, 2.45) is 23.5 Å². The van der Waals surface area contributed by atoms with Crippen molar-refractivity contribution in [3.63, 3.8) is 0 Å². The molecule has 11 heteroatoms. The van der Waals surface area contributed by atoms with Gasteiger partial charge >= 0.3 is 5.97 Å². The van der Waals surface area contributed by atoms with E-state index in [1.54, 1.807) is 26.2 Å². The van der Waals surface area contributed by atoms with Gasteiger partial charge in [0.25, 0.3) is 0 Å². The van der Waals surface area contributed by atoms with Gasteiger partial charge in [-0.05, 0) is 30.2 Å². The Morgan fingerprint density at radius 3 is 2.27 bits per heavy atom. The summed E-state index contributed by atoms with van der Waals surface area (Å²) in [6, 6.07) is 7.85. The molecule has 10 nitrogen and oxygen atoms in total. The van der Waals surface area contributed by atoms with Crippen LogP contribution in [0.25, 0.3) is 0 Å². The van der Waals surface area contributed by atoms with Gasteiger partial charge in [-0.25, -0.2) is 4.79 Å². The fraction of sp³-hybridized carbons (Fsp3) is 0.706. The molecule has 45 heavy (non-hydrogen) atoms. The molecule has 1 saturated heterocycles. The van der Waals surface area contributed by atoms with Gasteiger partial charge in [0.2, 0.25) is 11.8 Å². The van der Waals surface area contributed by atoms with Gasteiger partial charge in [0.05, 0.1) is 48.9 Å². The molecule has 1 aromatic carbocycles. The summed E-state index contributed by atoms with van der Waals surface area (Å²) in [5.74, 6) is -0.843. The fourth-order valence-corrected chi connectivity index (χ4v) is 6.59. The van der Waals surface area contributed by atoms with Crippen LogP contribution in [-0.2, 0) is 35.0 Å². The molecule has 1 aliphatic heterocycles. The Morgan fingerprint density at radius 1 is 1.09 bits per heavy atom. The molecule has 2 rings (SSSR count). The summed E-state index contributed by atoms with van der Waals surface area (Å²) in [5, 5.41) is 3.22. The van der Waals surface area contributed by atoms with E-state index in [0.717, 1.165) is 24.8 Å². The highest BCUT2D eigenvalue weighted by Gasteiger charge is 2.42. The molecule has 0 saturated carbocycles. The Morgan fingerprint density at radius 2 is 1.73 bits per heavy atom. The van der Waals surface area contributed by atoms with E-state index in [1.165, 1.54) is 7.11 Å². The van der Waals surface area contributed by atoms with Crippen molar-refractivity contribution in [1.29, 1.82) is 0 Å². The maximum atomic E-state index is 13.9. The van der Waals surface area contributed by atoms with Crippen LogP contribution in [0.5, 0.6) is 0 Å². The van der Waals surface area contributed by atoms with Crippen molar-refractivity contribution in [1.82, 2.24) is 15.1 Å². The number of carbonyl (C=O) groups excluding carboxylic acids is 3. The first-order chi connectivity index (χ1) is 21.3. The molecule has 0 aromatic heterocycles. The van der Waals surface area contributed by atoms with E-state index < -0.39 is 30.3 Å². The number of esters is 1. The number of rotatable bonds is 17. The summed E-state index contributed by atoms with van der Waals surface area (Å²) in [7, 11) is 6.33. The molecule has 3 unspecified atom stereocenters. The molecule has 1 fully saturated rings. The second-order valence-electron chi connectivity index (χ2n) is 12.6. The Balaban J connectivity index is 2.22. The maximum Gasteiger partial charge on any atom is 0.328 e. The second kappa shape index (κ2) is 18.5. The largest absolute Gasteiger partial charge is 0.467 e. The Kier molecular flexibility index (Phi) is 15.9. The van der Waals surface area contributed by atoms with Gasteiger partial charge in [-0.3, -0.25) is 9.59 Å². The number of methoxy groups -OCH3 is 3. The number of benzene rings is 1. The molecule has 8 atom stereocenters. The Labute approximate surface area is 275 Å². The van der Waals surface area contributed by atoms with Crippen LogP contribution in [0.4, 0.5) is 0 Å². The summed E-state index contributed by atoms with van der Waals surface area (Å²) >= 11 is 5.81. The number of hydrogen-bond donors (Lipinski definition) is 2. The van der Waals surface area contributed by atoms with Crippen LogP contribution in [-0.4, -0.2) is 104 Å². The maximum absolute atomic E-state index is 13.9. The van der Waals surface area contributed by atoms with Crippen molar-refractivity contribution < 1.29 is 28.6 Å². The van der Waals surface area contributed by atoms with Gasteiger partial charge in [0, 0.05) is 40.2 Å². The third-order valence-electron chi connectivity index (χ3n) is 9.35. The monoisotopic (exact) mass is 648 g/mol. The Bertz CT molecular complexity index is 1110. The zero-order chi connectivity index (χ0) is 33.8. The highest BCUT2D eigenvalue weighted by molar-refractivity contribution is 7.80. The van der Waals surface area contributed by atoms with E-state index in [4.69, 9.17) is 32.2 Å². The first-order valence-electron chi connectivity index (χ1n) is 16.1. The summed E-state index contributed by atoms with van der Waals surface area (Å²) < 4.78 is 17.0. The molecule has 0 aliphatic carbocycles. The van der Waals surface area contributed by atoms with Gasteiger partial charge in [0.1, 0.15) is 6.04 Å². The van der Waals surface area contributed by atoms with Gasteiger partial charge in [-0.15, -0.1) is 0 Å². The van der Waals surface area contributed by atoms with E-state index in [0.29, 0.717) is 18.0 Å². The molecule has 0 radical (unpaired) electrons. The minimum Gasteiger partial charge on any atom is -0.467 e. The molecular weight excluding hydrogens is 592 g/mol. The van der Waals surface area contributed by atoms with E-state index >= 15 is 0 Å². The minimum atomic E-state index is -0.658. The lowest BCUT2D eigenvalue weighted by Gasteiger charge is -2.40. The van der Waals surface area contributed by atoms with Crippen LogP contribution in [0.3, 0.4) is 0 Å². The number of amides is 2. The summed E-state index contributed by atoms with van der Waals surface area (Å²) in [4.78, 5) is 43.9. The van der Waals surface area contributed by atoms with Crippen molar-refractivity contribution in [2.75, 3.05) is 34.9 Å². The average Bonchev–Trinajstić information content (AvgIpc) is 3.52. The zero-order valence-electron chi connectivity index (χ0n) is 28.7. The molecule has 0 bridgehead atoms. The number of likely N-dealkylation sites (tertiary alicyclic amines) is 1. The van der Waals surface area contributed by atoms with Crippen LogP contribution >= 0.6 is 12.2 Å². The SMILES string of the molecule is CC[C@H](C)[C@@H]([C@@H](CC(=O)N1CCCC1C(OC)[C@@H](C)C(=S)NC(Cc1ccccc1)C(=O)OC)OC)N(C)C(=O)[C@@H](N)C(C)C. The minimum absolute atomic E-state index is 0.0136. The van der Waals surface area contributed by atoms with Crippen molar-refractivity contribution in [3.05, 3.63) is 35.9 Å². The van der Waals surface area contributed by atoms with Crippen LogP contribution in [0.15, 0.2) is 30.3 Å². The standard InChI is InChI=1S/C34H56N4O6S/c1-10-22(4)30(37(6)33(40)29(35)21(2)3)27(42-7)20-28(39)38-18-14-17-26(38)31(43-8)23(5)32(45)36-25(34(41)44-9)19-24-15-12-11-13-16-24/h11-13,15-16,21-23,25-27,29-31H,10,14,17-20,35H2,1-9H3,(H,36,45)/t22-,23+,25?,26?,27+,29-,30-,31?/m0/s1. The second-order valence-corrected chi connectivity index (χ2v) is 13.1. The topological polar surface area (TPSA) is 123 Å². The number of carbonyl (C=O) groups is 3. The number of nitrogens with two attached hydrogens (primary N) is 1. The highest BCUT2D eigenvalue weighted by Crippen LogP contribution is 2.30. The molecular formula is C34H56N4O6S. The van der Waals surface area contributed by atoms with Gasteiger partial charge in [-0.1, -0.05) is 83.6 Å². The number of nitrogens with one attached hydrogen (secondary N) is 1. The lowest BCUT2D eigenvalue weighted by atomic mass is 9.89. The molecule has 1 aliphatic rings. The normalized spacial score (nSPS) is 19.6. The molecule has 2 amide bonds. The molecule has 3 N–H and O–H groups in total. The van der Waals surface area contributed by atoms with Gasteiger partial charge in [-0.2, -0.15) is 0 Å². The number of thiocarbonyl (C=S) groups is 1. The van der Waals surface area contributed by atoms with Gasteiger partial charge < -0.3 is 35.1 Å². The molecule has 1 aromatic rings. The van der Waals surface area contributed by atoms with Crippen molar-refractivity contribution in [2.45, 2.75) is 103 Å². The molecule has 0 spiro atoms. The molecule has 254 valence electrons. The summed E-state index contributed by atoms with van der Waals surface area (Å²) in [5.41, 5.74) is 7.21. The zero-order valence-corrected chi connectivity index (χ0v) is 29.5. The van der Waals surface area contributed by atoms with Crippen molar-refractivity contribution >= 4 is 35.0 Å². The number of hydrogen-bond acceptors (Lipinski definition) is 8. The highest BCUT2D eigenvalue weighted by atomic mass is 32.1. The van der Waals surface area contributed by atoms with Crippen LogP contribution in [0.2, 0.25) is 0 Å².